The molecule has 9 rings (SSSR count). The average molecular weight is 1170 g/mol. The lowest BCUT2D eigenvalue weighted by molar-refractivity contribution is -0.745. The average Bonchev–Trinajstić information content (AvgIpc) is 4.21. The van der Waals surface area contributed by atoms with E-state index in [-0.39, 0.29) is 51.2 Å². The van der Waals surface area contributed by atoms with Crippen LogP contribution in [0.15, 0.2) is 34.9 Å². The molecule has 7 unspecified atom stereocenters. The van der Waals surface area contributed by atoms with E-state index < -0.39 is 136 Å². The highest BCUT2D eigenvalue weighted by Crippen LogP contribution is 2.68. The summed E-state index contributed by atoms with van der Waals surface area (Å²) in [6.07, 6.45) is -14.2. The fourth-order valence-electron chi connectivity index (χ4n) is 8.73. The minimum atomic E-state index is -6.18. The van der Waals surface area contributed by atoms with E-state index in [1.54, 1.807) is 7.05 Å². The van der Waals surface area contributed by atoms with Crippen LogP contribution in [-0.2, 0) is 75.7 Å². The highest BCUT2D eigenvalue weighted by molar-refractivity contribution is 7.66. The van der Waals surface area contributed by atoms with Gasteiger partial charge in [0.15, 0.2) is 41.4 Å². The lowest BCUT2D eigenvalue weighted by Crippen LogP contribution is -2.46. The largest absolute Gasteiger partial charge is 0.490 e. The third-order valence-corrected chi connectivity index (χ3v) is 17.2. The number of anilines is 3. The molecule has 14 N–H and O–H groups in total. The van der Waals surface area contributed by atoms with Crippen molar-refractivity contribution >= 4 is 82.5 Å². The van der Waals surface area contributed by atoms with Crippen molar-refractivity contribution in [3.63, 3.8) is 0 Å². The summed E-state index contributed by atoms with van der Waals surface area (Å²) < 4.78 is 116. The molecule has 43 heteroatoms. The van der Waals surface area contributed by atoms with Crippen molar-refractivity contribution in [2.75, 3.05) is 57.9 Å². The number of phosphoric acid groups is 4. The molecular formula is C34H48N15O24P4+. The summed E-state index contributed by atoms with van der Waals surface area (Å²) in [5.41, 5.74) is 9.96. The molecule has 0 spiro atoms. The molecule has 6 aromatic rings. The Labute approximate surface area is 428 Å². The second kappa shape index (κ2) is 21.5. The number of aliphatic hydroxyl groups is 3. The molecule has 9 heterocycles. The van der Waals surface area contributed by atoms with E-state index in [2.05, 4.69) is 53.8 Å². The highest BCUT2D eigenvalue weighted by atomic mass is 31.3. The summed E-state index contributed by atoms with van der Waals surface area (Å²) in [4.78, 5) is 96.7. The number of nitrogens with two attached hydrogens (primary N) is 2. The Bertz CT molecular complexity index is 3510. The van der Waals surface area contributed by atoms with Gasteiger partial charge in [-0.3, -0.25) is 51.4 Å². The molecule has 0 saturated carbocycles. The number of aromatic amines is 2. The number of rotatable bonds is 21. The first-order valence-electron chi connectivity index (χ1n) is 22.0. The first-order chi connectivity index (χ1) is 36.2. The van der Waals surface area contributed by atoms with Crippen molar-refractivity contribution in [3.8, 4) is 0 Å². The van der Waals surface area contributed by atoms with Gasteiger partial charge >= 0.3 is 36.9 Å². The van der Waals surface area contributed by atoms with Gasteiger partial charge in [-0.05, 0) is 0 Å². The van der Waals surface area contributed by atoms with Gasteiger partial charge in [0.1, 0.15) is 66.8 Å². The molecule has 16 atom stereocenters. The van der Waals surface area contributed by atoms with Crippen molar-refractivity contribution in [1.82, 2.24) is 53.6 Å². The number of methoxy groups -OCH3 is 2. The number of phosphoric ester groups is 3. The number of ether oxygens (including phenoxy) is 5. The summed E-state index contributed by atoms with van der Waals surface area (Å²) in [6, 6.07) is 0. The summed E-state index contributed by atoms with van der Waals surface area (Å²) >= 11 is 0. The van der Waals surface area contributed by atoms with Crippen LogP contribution in [-0.4, -0.2) is 184 Å². The number of fused-ring (bicyclic) bond motifs is 3. The van der Waals surface area contributed by atoms with Gasteiger partial charge in [-0.25, -0.2) is 42.8 Å². The molecule has 0 amide bonds. The molecule has 3 fully saturated rings. The number of H-pyrrole nitrogens is 2. The Morgan fingerprint density at radius 1 is 0.688 bits per heavy atom. The molecule has 0 bridgehead atoms. The van der Waals surface area contributed by atoms with Crippen molar-refractivity contribution < 1.29 is 108 Å². The van der Waals surface area contributed by atoms with E-state index in [0.717, 1.165) is 31.4 Å². The van der Waals surface area contributed by atoms with Crippen LogP contribution in [0.3, 0.4) is 0 Å². The predicted molar refractivity (Wildman–Crippen MR) is 249 cm³/mol. The zero-order valence-corrected chi connectivity index (χ0v) is 43.4. The van der Waals surface area contributed by atoms with Crippen molar-refractivity contribution in [1.29, 1.82) is 0 Å². The third kappa shape index (κ3) is 11.4. The topological polar surface area (TPSA) is 537 Å². The molecule has 0 aromatic carbocycles. The maximum Gasteiger partial charge on any atom is 0.490 e. The molecule has 3 aliphatic heterocycles. The zero-order valence-electron chi connectivity index (χ0n) is 39.8. The summed E-state index contributed by atoms with van der Waals surface area (Å²) in [5, 5.41) is 35.7. The predicted octanol–water partition coefficient (Wildman–Crippen LogP) is -3.60. The Balaban J connectivity index is 0.872. The molecule has 39 nitrogen and oxygen atoms in total. The van der Waals surface area contributed by atoms with Gasteiger partial charge < -0.3 is 75.4 Å². The van der Waals surface area contributed by atoms with E-state index in [0.29, 0.717) is 0 Å². The van der Waals surface area contributed by atoms with Gasteiger partial charge in [0.25, 0.3) is 17.1 Å². The number of aliphatic hydroxyl groups excluding tert-OH is 3. The molecule has 0 radical (unpaired) electrons. The lowest BCUT2D eigenvalue weighted by atomic mass is 10.1. The number of imidazole rings is 3. The quantitative estimate of drug-likeness (QED) is 0.0245. The zero-order chi connectivity index (χ0) is 55.7. The maximum absolute atomic E-state index is 13.7. The van der Waals surface area contributed by atoms with Crippen molar-refractivity contribution in [2.24, 2.45) is 7.05 Å². The number of nitrogens with one attached hydrogen (secondary N) is 3. The summed E-state index contributed by atoms with van der Waals surface area (Å²) in [6.45, 7) is -3.22. The van der Waals surface area contributed by atoms with Crippen LogP contribution in [0, 0.1) is 0 Å². The number of aryl methyl sites for hydroxylation is 1. The van der Waals surface area contributed by atoms with E-state index in [9.17, 15) is 62.7 Å². The van der Waals surface area contributed by atoms with Gasteiger partial charge in [0, 0.05) is 21.3 Å². The highest BCUT2D eigenvalue weighted by Gasteiger charge is 2.54. The first-order valence-corrected chi connectivity index (χ1v) is 28.0. The second-order valence-electron chi connectivity index (χ2n) is 16.9. The maximum atomic E-state index is 13.7. The number of hydrogen-bond acceptors (Lipinski definition) is 29. The molecule has 422 valence electrons. The Morgan fingerprint density at radius 3 is 1.91 bits per heavy atom. The monoisotopic (exact) mass is 1170 g/mol. The minimum absolute atomic E-state index is 0.0239. The molecule has 0 aliphatic carbocycles. The third-order valence-electron chi connectivity index (χ3n) is 12.0. The number of hydrogen-bond donors (Lipinski definition) is 12. The first kappa shape index (κ1) is 56.6. The number of nitrogen functional groups attached to an aromatic ring is 2. The fourth-order valence-corrected chi connectivity index (χ4v) is 13.2. The molecule has 3 aliphatic rings. The fraction of sp³-hybridized carbons (Fsp3) is 0.559. The van der Waals surface area contributed by atoms with E-state index in [1.807, 2.05) is 0 Å². The van der Waals surface area contributed by atoms with Gasteiger partial charge in [-0.2, -0.15) is 13.6 Å². The lowest BCUT2D eigenvalue weighted by Gasteiger charge is -2.26. The number of aromatic nitrogens is 12. The second-order valence-corrected chi connectivity index (χ2v) is 22.9. The van der Waals surface area contributed by atoms with Gasteiger partial charge in [0.2, 0.25) is 17.7 Å². The van der Waals surface area contributed by atoms with E-state index >= 15 is 0 Å². The Morgan fingerprint density at radius 2 is 1.26 bits per heavy atom. The van der Waals surface area contributed by atoms with Gasteiger partial charge in [-0.15, -0.1) is 0 Å². The molecule has 3 saturated heterocycles. The normalized spacial score (nSPS) is 30.0. The molecule has 77 heavy (non-hydrogen) atoms. The van der Waals surface area contributed by atoms with Crippen molar-refractivity contribution in [3.05, 3.63) is 46.0 Å². The Kier molecular flexibility index (Phi) is 15.8. The summed E-state index contributed by atoms with van der Waals surface area (Å²) in [7, 11) is -18.1. The van der Waals surface area contributed by atoms with Crippen molar-refractivity contribution in [2.45, 2.75) is 73.6 Å². The van der Waals surface area contributed by atoms with Crippen LogP contribution in [0.1, 0.15) is 18.7 Å². The van der Waals surface area contributed by atoms with Crippen LogP contribution in [0.4, 0.5) is 17.7 Å². The van der Waals surface area contributed by atoms with Crippen LogP contribution >= 0.6 is 31.3 Å². The van der Waals surface area contributed by atoms with Gasteiger partial charge in [-0.1, -0.05) is 4.98 Å². The minimum Gasteiger partial charge on any atom is -0.387 e. The molecule has 6 aromatic heterocycles. The van der Waals surface area contributed by atoms with E-state index in [4.69, 9.17) is 53.2 Å². The number of nitrogens with zero attached hydrogens (tertiary/aromatic N) is 10. The Hall–Kier alpha value is -5.15. The SMILES string of the molecule is CNc1ncnc2c1ncn2[C@@H]1O[C@H](COP(=O)(O)OP(=O)(O)OP(=O)(O)OC[C@H]2O[C@@H]([n+]3cn(C)c4c(=O)[nH]c(N)nc43)[C@@H](O)C2OC)C(OP(=O)(O)OC[C@H]2O[C@@H](n3cnc4c(=O)[nH]c(N)nc43)C(O)[C@H]2O)[C@@H]1OC. The summed E-state index contributed by atoms with van der Waals surface area (Å²) in [5.74, 6) is -0.328. The van der Waals surface area contributed by atoms with E-state index in [1.165, 1.54) is 33.4 Å². The van der Waals surface area contributed by atoms with Crippen LogP contribution in [0.5, 0.6) is 0 Å². The van der Waals surface area contributed by atoms with Crippen LogP contribution in [0.2, 0.25) is 0 Å². The standard InChI is InChI=1S/C34H47N15O24P4/c1-37-24-15-25(39-8-38-24)47(9-40-15)32-23(64-4)22(71-74(55,56)65-5-12-18(50)19(51)30(68-12)48-10-41-16-26(48)42-33(35)44-28(16)53)14(70-32)7-67-76(59,60)73-77(61,62)72-75(57,58)66-6-13-21(63-3)20(52)31(69-13)49-11-46(2)17-27(49)43-34(36)45-29(17)54/h8-14,18-23,30-32,50-52H,5-7H2,1-4H3,(H10-,35,36,37,38,39,42,43,44,45,53,54,55,56,57,58,59,60,61,62)/p+1/t12-,13-,14-,18+,19?,20+,21?,22?,23+,30-,31-,32-/m1/s1. The smallest absolute Gasteiger partial charge is 0.387 e. The van der Waals surface area contributed by atoms with Crippen LogP contribution in [0.25, 0.3) is 33.5 Å². The molecular weight excluding hydrogens is 1130 g/mol. The van der Waals surface area contributed by atoms with Gasteiger partial charge in [0.05, 0.1) is 39.5 Å². The van der Waals surface area contributed by atoms with Crippen LogP contribution < -0.4 is 32.5 Å².